The number of amides is 1. The molecule has 0 atom stereocenters. The Morgan fingerprint density at radius 3 is 2.22 bits per heavy atom. The molecule has 1 aliphatic rings. The van der Waals surface area contributed by atoms with Crippen molar-refractivity contribution in [3.8, 4) is 0 Å². The van der Waals surface area contributed by atoms with E-state index in [1.54, 1.807) is 12.1 Å². The summed E-state index contributed by atoms with van der Waals surface area (Å²) in [5.74, 6) is -0.123. The third-order valence-corrected chi connectivity index (χ3v) is 4.24. The first kappa shape index (κ1) is 13.9. The number of carbonyl (C=O) groups excluding carboxylic acids is 1. The number of carbonyl (C=O) groups is 1. The number of nitrogens with two attached hydrogens (primary N) is 1. The highest BCUT2D eigenvalue weighted by molar-refractivity contribution is 6.42. The van der Waals surface area contributed by atoms with E-state index in [0.29, 0.717) is 27.3 Å². The fourth-order valence-electron chi connectivity index (χ4n) is 2.04. The molecule has 6 heteroatoms. The van der Waals surface area contributed by atoms with Crippen LogP contribution in [0.25, 0.3) is 0 Å². The van der Waals surface area contributed by atoms with Gasteiger partial charge in [0, 0.05) is 11.6 Å². The smallest absolute Gasteiger partial charge is 0.231 e. The van der Waals surface area contributed by atoms with Crippen molar-refractivity contribution in [3.63, 3.8) is 0 Å². The highest BCUT2D eigenvalue weighted by Crippen LogP contribution is 2.42. The Morgan fingerprint density at radius 1 is 1.28 bits per heavy atom. The van der Waals surface area contributed by atoms with Gasteiger partial charge in [-0.1, -0.05) is 41.2 Å². The van der Waals surface area contributed by atoms with Crippen LogP contribution < -0.4 is 11.1 Å². The van der Waals surface area contributed by atoms with Gasteiger partial charge in [-0.25, -0.2) is 0 Å². The van der Waals surface area contributed by atoms with Crippen molar-refractivity contribution >= 4 is 46.4 Å². The lowest BCUT2D eigenvalue weighted by Crippen LogP contribution is -2.47. The lowest BCUT2D eigenvalue weighted by Gasteiger charge is -2.39. The van der Waals surface area contributed by atoms with Gasteiger partial charge in [-0.05, 0) is 25.0 Å². The van der Waals surface area contributed by atoms with Crippen molar-refractivity contribution in [2.75, 3.05) is 11.9 Å². The zero-order chi connectivity index (χ0) is 13.3. The molecule has 0 aromatic heterocycles. The second kappa shape index (κ2) is 5.25. The lowest BCUT2D eigenvalue weighted by molar-refractivity contribution is -0.129. The van der Waals surface area contributed by atoms with Crippen molar-refractivity contribution < 1.29 is 4.79 Å². The Kier molecular flexibility index (Phi) is 4.07. The molecule has 18 heavy (non-hydrogen) atoms. The summed E-state index contributed by atoms with van der Waals surface area (Å²) in [6.45, 7) is 0.335. The third kappa shape index (κ3) is 2.45. The van der Waals surface area contributed by atoms with Crippen LogP contribution in [0.5, 0.6) is 0 Å². The molecule has 0 saturated heterocycles. The van der Waals surface area contributed by atoms with E-state index in [-0.39, 0.29) is 5.91 Å². The van der Waals surface area contributed by atoms with Gasteiger partial charge in [0.2, 0.25) is 5.91 Å². The fourth-order valence-corrected chi connectivity index (χ4v) is 2.95. The zero-order valence-corrected chi connectivity index (χ0v) is 11.9. The van der Waals surface area contributed by atoms with Crippen LogP contribution in [-0.2, 0) is 4.79 Å². The average Bonchev–Trinajstić information content (AvgIpc) is 2.22. The highest BCUT2D eigenvalue weighted by atomic mass is 35.5. The SMILES string of the molecule is NCC1(C(=O)Nc2c(Cl)cc(Cl)cc2Cl)CCC1. The number of hydrogen-bond donors (Lipinski definition) is 2. The molecule has 2 rings (SSSR count). The van der Waals surface area contributed by atoms with Gasteiger partial charge in [0.25, 0.3) is 0 Å². The summed E-state index contributed by atoms with van der Waals surface area (Å²) >= 11 is 17.8. The van der Waals surface area contributed by atoms with E-state index in [2.05, 4.69) is 5.32 Å². The topological polar surface area (TPSA) is 55.1 Å². The summed E-state index contributed by atoms with van der Waals surface area (Å²) in [7, 11) is 0. The number of anilines is 1. The first-order valence-electron chi connectivity index (χ1n) is 5.64. The number of hydrogen-bond acceptors (Lipinski definition) is 2. The molecule has 0 aliphatic heterocycles. The molecule has 1 aliphatic carbocycles. The molecule has 1 amide bonds. The van der Waals surface area contributed by atoms with E-state index in [4.69, 9.17) is 40.5 Å². The number of halogens is 3. The Morgan fingerprint density at radius 2 is 1.83 bits per heavy atom. The minimum Gasteiger partial charge on any atom is -0.329 e. The monoisotopic (exact) mass is 306 g/mol. The standard InChI is InChI=1S/C12H13Cl3N2O/c13-7-4-8(14)10(9(15)5-7)17-11(18)12(6-16)2-1-3-12/h4-5H,1-3,6,16H2,(H,17,18). The van der Waals surface area contributed by atoms with Crippen molar-refractivity contribution in [1.29, 1.82) is 0 Å². The average molecular weight is 308 g/mol. The molecule has 0 radical (unpaired) electrons. The first-order valence-corrected chi connectivity index (χ1v) is 6.78. The van der Waals surface area contributed by atoms with Crippen molar-refractivity contribution in [3.05, 3.63) is 27.2 Å². The quantitative estimate of drug-likeness (QED) is 0.894. The predicted octanol–water partition coefficient (Wildman–Crippen LogP) is 3.71. The fraction of sp³-hybridized carbons (Fsp3) is 0.417. The minimum atomic E-state index is -0.466. The Balaban J connectivity index is 2.22. The highest BCUT2D eigenvalue weighted by Gasteiger charge is 2.43. The maximum atomic E-state index is 12.2. The molecule has 0 heterocycles. The molecule has 1 saturated carbocycles. The normalized spacial score (nSPS) is 17.1. The molecule has 1 fully saturated rings. The molecule has 3 N–H and O–H groups in total. The van der Waals surface area contributed by atoms with Gasteiger partial charge in [0.1, 0.15) is 0 Å². The second-order valence-electron chi connectivity index (χ2n) is 4.54. The van der Waals surface area contributed by atoms with E-state index in [1.807, 2.05) is 0 Å². The van der Waals surface area contributed by atoms with Crippen LogP contribution in [0.4, 0.5) is 5.69 Å². The Labute approximate surface area is 121 Å². The van der Waals surface area contributed by atoms with Crippen LogP contribution in [0, 0.1) is 5.41 Å². The molecule has 3 nitrogen and oxygen atoms in total. The van der Waals surface area contributed by atoms with E-state index < -0.39 is 5.41 Å². The molecule has 0 unspecified atom stereocenters. The third-order valence-electron chi connectivity index (χ3n) is 3.43. The van der Waals surface area contributed by atoms with Gasteiger partial charge in [0.15, 0.2) is 0 Å². The lowest BCUT2D eigenvalue weighted by atomic mass is 9.68. The van der Waals surface area contributed by atoms with Gasteiger partial charge in [0.05, 0.1) is 21.1 Å². The molecular weight excluding hydrogens is 295 g/mol. The van der Waals surface area contributed by atoms with Gasteiger partial charge >= 0.3 is 0 Å². The minimum absolute atomic E-state index is 0.123. The van der Waals surface area contributed by atoms with Gasteiger partial charge in [-0.3, -0.25) is 4.79 Å². The van der Waals surface area contributed by atoms with E-state index >= 15 is 0 Å². The largest absolute Gasteiger partial charge is 0.329 e. The summed E-state index contributed by atoms with van der Waals surface area (Å²) in [6, 6.07) is 3.08. The summed E-state index contributed by atoms with van der Waals surface area (Å²) in [4.78, 5) is 12.2. The van der Waals surface area contributed by atoms with Crippen LogP contribution >= 0.6 is 34.8 Å². The zero-order valence-electron chi connectivity index (χ0n) is 9.60. The maximum absolute atomic E-state index is 12.2. The number of rotatable bonds is 3. The Hall–Kier alpha value is -0.480. The van der Waals surface area contributed by atoms with Crippen LogP contribution in [0.15, 0.2) is 12.1 Å². The number of benzene rings is 1. The Bertz CT molecular complexity index is 458. The van der Waals surface area contributed by atoms with E-state index in [9.17, 15) is 4.79 Å². The van der Waals surface area contributed by atoms with Gasteiger partial charge in [-0.15, -0.1) is 0 Å². The molecule has 0 bridgehead atoms. The van der Waals surface area contributed by atoms with Crippen LogP contribution in [0.1, 0.15) is 19.3 Å². The summed E-state index contributed by atoms with van der Waals surface area (Å²) < 4.78 is 0. The van der Waals surface area contributed by atoms with Crippen LogP contribution in [0.3, 0.4) is 0 Å². The van der Waals surface area contributed by atoms with Crippen LogP contribution in [0.2, 0.25) is 15.1 Å². The molecular formula is C12H13Cl3N2O. The van der Waals surface area contributed by atoms with Crippen molar-refractivity contribution in [1.82, 2.24) is 0 Å². The van der Waals surface area contributed by atoms with Crippen molar-refractivity contribution in [2.45, 2.75) is 19.3 Å². The molecule has 0 spiro atoms. The molecule has 1 aromatic carbocycles. The summed E-state index contributed by atoms with van der Waals surface area (Å²) in [5, 5.41) is 3.84. The number of nitrogens with one attached hydrogen (secondary N) is 1. The van der Waals surface area contributed by atoms with Crippen LogP contribution in [-0.4, -0.2) is 12.5 Å². The van der Waals surface area contributed by atoms with E-state index in [1.165, 1.54) is 0 Å². The second-order valence-corrected chi connectivity index (χ2v) is 5.79. The first-order chi connectivity index (χ1) is 8.48. The predicted molar refractivity (Wildman–Crippen MR) is 75.4 cm³/mol. The van der Waals surface area contributed by atoms with Gasteiger partial charge < -0.3 is 11.1 Å². The summed E-state index contributed by atoms with van der Waals surface area (Å²) in [6.07, 6.45) is 2.63. The molecule has 1 aromatic rings. The molecule has 98 valence electrons. The van der Waals surface area contributed by atoms with Crippen molar-refractivity contribution in [2.24, 2.45) is 11.1 Å². The maximum Gasteiger partial charge on any atom is 0.231 e. The summed E-state index contributed by atoms with van der Waals surface area (Å²) in [5.41, 5.74) is 5.61. The van der Waals surface area contributed by atoms with E-state index in [0.717, 1.165) is 19.3 Å². The van der Waals surface area contributed by atoms with Gasteiger partial charge in [-0.2, -0.15) is 0 Å².